The zero-order valence-electron chi connectivity index (χ0n) is 14.8. The summed E-state index contributed by atoms with van der Waals surface area (Å²) in [5.41, 5.74) is 0.796. The molecule has 1 rings (SSSR count). The third-order valence-corrected chi connectivity index (χ3v) is 3.58. The number of hydrogen-bond donors (Lipinski definition) is 1. The first-order valence-corrected chi connectivity index (χ1v) is 8.27. The average Bonchev–Trinajstić information content (AvgIpc) is 2.78. The van der Waals surface area contributed by atoms with E-state index in [1.165, 1.54) is 4.90 Å². The fraction of sp³-hybridized carbons (Fsp3) is 0.688. The molecule has 0 bridgehead atoms. The van der Waals surface area contributed by atoms with Crippen molar-refractivity contribution in [3.63, 3.8) is 0 Å². The molecule has 1 atom stereocenters. The second-order valence-electron chi connectivity index (χ2n) is 6.71. The van der Waals surface area contributed by atoms with Crippen LogP contribution < -0.4 is 5.32 Å². The van der Waals surface area contributed by atoms with E-state index in [1.54, 1.807) is 18.7 Å². The first-order valence-electron chi connectivity index (χ1n) is 7.83. The number of carbonyl (C=O) groups excluding carboxylic acids is 2. The summed E-state index contributed by atoms with van der Waals surface area (Å²) in [5, 5.41) is 6.58. The molecule has 23 heavy (non-hydrogen) atoms. The van der Waals surface area contributed by atoms with E-state index >= 15 is 0 Å². The third kappa shape index (κ3) is 5.53. The van der Waals surface area contributed by atoms with Crippen LogP contribution >= 0.6 is 11.6 Å². The number of nitrogens with one attached hydrogen (secondary N) is 1. The number of halogens is 1. The van der Waals surface area contributed by atoms with Crippen molar-refractivity contribution in [2.24, 2.45) is 7.05 Å². The molecule has 7 heteroatoms. The fourth-order valence-electron chi connectivity index (χ4n) is 2.10. The second kappa shape index (κ2) is 7.81. The lowest BCUT2D eigenvalue weighted by atomic mass is 9.92. The van der Waals surface area contributed by atoms with Crippen molar-refractivity contribution < 1.29 is 9.59 Å². The Hall–Kier alpha value is -1.56. The van der Waals surface area contributed by atoms with Crippen LogP contribution in [0.25, 0.3) is 0 Å². The van der Waals surface area contributed by atoms with Crippen molar-refractivity contribution in [3.8, 4) is 0 Å². The van der Waals surface area contributed by atoms with E-state index in [1.807, 2.05) is 13.0 Å². The Morgan fingerprint density at radius 2 is 2.04 bits per heavy atom. The highest BCUT2D eigenvalue weighted by Crippen LogP contribution is 2.23. The van der Waals surface area contributed by atoms with E-state index in [0.29, 0.717) is 12.4 Å². The first kappa shape index (κ1) is 19.5. The summed E-state index contributed by atoms with van der Waals surface area (Å²) in [6, 6.07) is 1.86. The number of aromatic nitrogens is 2. The predicted octanol–water partition coefficient (Wildman–Crippen LogP) is 2.52. The molecule has 1 aromatic rings. The number of hydrogen-bond acceptors (Lipinski definition) is 3. The molecule has 6 nitrogen and oxygen atoms in total. The summed E-state index contributed by atoms with van der Waals surface area (Å²) in [6.07, 6.45) is 0.766. The van der Waals surface area contributed by atoms with Gasteiger partial charge in [0.1, 0.15) is 11.2 Å². The van der Waals surface area contributed by atoms with E-state index in [4.69, 9.17) is 11.6 Å². The van der Waals surface area contributed by atoms with Gasteiger partial charge in [-0.1, -0.05) is 27.7 Å². The van der Waals surface area contributed by atoms with Gasteiger partial charge in [-0.25, -0.2) is 0 Å². The number of amides is 2. The van der Waals surface area contributed by atoms with Crippen LogP contribution in [-0.2, 0) is 22.1 Å². The summed E-state index contributed by atoms with van der Waals surface area (Å²) in [6.45, 7) is 10.2. The van der Waals surface area contributed by atoms with Gasteiger partial charge in [0, 0.05) is 25.1 Å². The Balaban J connectivity index is 2.79. The van der Waals surface area contributed by atoms with E-state index in [-0.39, 0.29) is 23.8 Å². The average molecular weight is 343 g/mol. The molecule has 2 amide bonds. The fourth-order valence-corrected chi connectivity index (χ4v) is 2.23. The van der Waals surface area contributed by atoms with Gasteiger partial charge in [-0.2, -0.15) is 5.10 Å². The highest BCUT2D eigenvalue weighted by Gasteiger charge is 2.22. The van der Waals surface area contributed by atoms with Crippen molar-refractivity contribution in [1.29, 1.82) is 0 Å². The number of aryl methyl sites for hydroxylation is 1. The Morgan fingerprint density at radius 3 is 2.48 bits per heavy atom. The SMILES string of the molecule is CCCN(CC(=O)Nc1cc(C(C)(C)C)nn1C)C(=O)C(C)Cl. The van der Waals surface area contributed by atoms with Crippen molar-refractivity contribution in [2.75, 3.05) is 18.4 Å². The summed E-state index contributed by atoms with van der Waals surface area (Å²) in [4.78, 5) is 25.7. The van der Waals surface area contributed by atoms with Gasteiger partial charge in [0.05, 0.1) is 12.2 Å². The maximum absolute atomic E-state index is 12.2. The molecular formula is C16H27ClN4O2. The lowest BCUT2D eigenvalue weighted by molar-refractivity contribution is -0.134. The number of anilines is 1. The smallest absolute Gasteiger partial charge is 0.245 e. The molecule has 1 unspecified atom stereocenters. The normalized spacial score (nSPS) is 12.8. The minimum atomic E-state index is -0.640. The number of rotatable bonds is 6. The molecule has 0 aromatic carbocycles. The number of nitrogens with zero attached hydrogens (tertiary/aromatic N) is 3. The Labute approximate surface area is 143 Å². The van der Waals surface area contributed by atoms with Gasteiger partial charge in [-0.3, -0.25) is 14.3 Å². The van der Waals surface area contributed by atoms with Crippen LogP contribution in [0.1, 0.15) is 46.7 Å². The van der Waals surface area contributed by atoms with Crippen LogP contribution in [0, 0.1) is 0 Å². The maximum atomic E-state index is 12.2. The topological polar surface area (TPSA) is 67.2 Å². The van der Waals surface area contributed by atoms with Crippen molar-refractivity contribution in [3.05, 3.63) is 11.8 Å². The molecule has 0 aliphatic heterocycles. The molecular weight excluding hydrogens is 316 g/mol. The van der Waals surface area contributed by atoms with Gasteiger partial charge in [-0.05, 0) is 13.3 Å². The minimum absolute atomic E-state index is 0.0141. The summed E-state index contributed by atoms with van der Waals surface area (Å²) in [5.74, 6) is 0.124. The van der Waals surface area contributed by atoms with E-state index in [2.05, 4.69) is 31.2 Å². The van der Waals surface area contributed by atoms with E-state index < -0.39 is 5.38 Å². The molecule has 0 saturated heterocycles. The molecule has 130 valence electrons. The van der Waals surface area contributed by atoms with E-state index in [9.17, 15) is 9.59 Å². The molecule has 0 saturated carbocycles. The van der Waals surface area contributed by atoms with Crippen LogP contribution in [0.3, 0.4) is 0 Å². The molecule has 1 aromatic heterocycles. The Bertz CT molecular complexity index is 561. The Kier molecular flexibility index (Phi) is 6.62. The lowest BCUT2D eigenvalue weighted by Crippen LogP contribution is -2.41. The number of carbonyl (C=O) groups is 2. The molecule has 0 fully saturated rings. The highest BCUT2D eigenvalue weighted by molar-refractivity contribution is 6.30. The van der Waals surface area contributed by atoms with Gasteiger partial charge in [0.25, 0.3) is 0 Å². The monoisotopic (exact) mass is 342 g/mol. The van der Waals surface area contributed by atoms with E-state index in [0.717, 1.165) is 12.1 Å². The van der Waals surface area contributed by atoms with Gasteiger partial charge in [0.15, 0.2) is 0 Å². The van der Waals surface area contributed by atoms with Crippen molar-refractivity contribution in [1.82, 2.24) is 14.7 Å². The zero-order chi connectivity index (χ0) is 17.8. The van der Waals surface area contributed by atoms with Gasteiger partial charge < -0.3 is 10.2 Å². The van der Waals surface area contributed by atoms with Gasteiger partial charge in [0.2, 0.25) is 11.8 Å². The summed E-state index contributed by atoms with van der Waals surface area (Å²) >= 11 is 5.84. The van der Waals surface area contributed by atoms with Crippen LogP contribution in [0.5, 0.6) is 0 Å². The third-order valence-electron chi connectivity index (χ3n) is 3.40. The van der Waals surface area contributed by atoms with Gasteiger partial charge >= 0.3 is 0 Å². The molecule has 1 heterocycles. The van der Waals surface area contributed by atoms with Crippen LogP contribution in [0.2, 0.25) is 0 Å². The maximum Gasteiger partial charge on any atom is 0.245 e. The predicted molar refractivity (Wildman–Crippen MR) is 92.7 cm³/mol. The highest BCUT2D eigenvalue weighted by atomic mass is 35.5. The molecule has 0 aliphatic carbocycles. The second-order valence-corrected chi connectivity index (χ2v) is 7.37. The Morgan fingerprint density at radius 1 is 1.43 bits per heavy atom. The zero-order valence-corrected chi connectivity index (χ0v) is 15.6. The molecule has 0 radical (unpaired) electrons. The van der Waals surface area contributed by atoms with Crippen molar-refractivity contribution in [2.45, 2.75) is 51.8 Å². The molecule has 0 aliphatic rings. The largest absolute Gasteiger partial charge is 0.332 e. The van der Waals surface area contributed by atoms with Crippen molar-refractivity contribution >= 4 is 29.2 Å². The van der Waals surface area contributed by atoms with Crippen LogP contribution in [0.4, 0.5) is 5.82 Å². The quantitative estimate of drug-likeness (QED) is 0.808. The molecule has 0 spiro atoms. The molecule has 1 N–H and O–H groups in total. The minimum Gasteiger partial charge on any atom is -0.332 e. The number of alkyl halides is 1. The van der Waals surface area contributed by atoms with Crippen LogP contribution in [-0.4, -0.2) is 45.0 Å². The lowest BCUT2D eigenvalue weighted by Gasteiger charge is -2.22. The summed E-state index contributed by atoms with van der Waals surface area (Å²) < 4.78 is 1.63. The first-order chi connectivity index (χ1) is 10.6. The van der Waals surface area contributed by atoms with Crippen LogP contribution in [0.15, 0.2) is 6.07 Å². The van der Waals surface area contributed by atoms with Gasteiger partial charge in [-0.15, -0.1) is 11.6 Å². The standard InChI is InChI=1S/C16H27ClN4O2/c1-7-8-21(15(23)11(2)17)10-14(22)18-13-9-12(16(3,4)5)19-20(13)6/h9,11H,7-8,10H2,1-6H3,(H,18,22). The summed E-state index contributed by atoms with van der Waals surface area (Å²) in [7, 11) is 1.78.